The number of thioether (sulfide) groups is 1. The monoisotopic (exact) mass is 229 g/mol. The third-order valence-corrected chi connectivity index (χ3v) is 3.92. The molecule has 1 aliphatic carbocycles. The van der Waals surface area contributed by atoms with Crippen LogP contribution in [0.15, 0.2) is 4.99 Å². The molecule has 3 nitrogen and oxygen atoms in total. The fourth-order valence-electron chi connectivity index (χ4n) is 1.92. The molecule has 4 heteroatoms. The Balaban J connectivity index is 2.27. The summed E-state index contributed by atoms with van der Waals surface area (Å²) in [7, 11) is 1.84. The fraction of sp³-hybridized carbons (Fsp3) is 0.909. The lowest BCUT2D eigenvalue weighted by molar-refractivity contribution is 0.614. The highest BCUT2D eigenvalue weighted by Crippen LogP contribution is 2.27. The molecule has 1 aliphatic rings. The van der Waals surface area contributed by atoms with E-state index < -0.39 is 0 Å². The summed E-state index contributed by atoms with van der Waals surface area (Å²) in [6.07, 6.45) is 7.23. The van der Waals surface area contributed by atoms with Crippen molar-refractivity contribution in [3.05, 3.63) is 0 Å². The van der Waals surface area contributed by atoms with Gasteiger partial charge in [-0.15, -0.1) is 0 Å². The molecule has 0 aromatic rings. The Morgan fingerprint density at radius 2 is 2.27 bits per heavy atom. The molecule has 0 saturated heterocycles. The van der Waals surface area contributed by atoms with Gasteiger partial charge in [-0.25, -0.2) is 0 Å². The Morgan fingerprint density at radius 1 is 1.47 bits per heavy atom. The van der Waals surface area contributed by atoms with Crippen molar-refractivity contribution in [1.29, 1.82) is 0 Å². The topological polar surface area (TPSA) is 36.4 Å². The van der Waals surface area contributed by atoms with Crippen molar-refractivity contribution in [2.75, 3.05) is 19.8 Å². The van der Waals surface area contributed by atoms with Crippen LogP contribution in [0, 0.1) is 0 Å². The van der Waals surface area contributed by atoms with Gasteiger partial charge in [0.1, 0.15) is 0 Å². The number of hydrogen-bond acceptors (Lipinski definition) is 2. The molecular weight excluding hydrogens is 206 g/mol. The molecule has 0 aromatic heterocycles. The molecule has 0 amide bonds. The van der Waals surface area contributed by atoms with Crippen LogP contribution in [-0.2, 0) is 0 Å². The first-order valence-electron chi connectivity index (χ1n) is 5.80. The van der Waals surface area contributed by atoms with Gasteiger partial charge in [-0.1, -0.05) is 6.92 Å². The van der Waals surface area contributed by atoms with Crippen LogP contribution in [-0.4, -0.2) is 37.1 Å². The summed E-state index contributed by atoms with van der Waals surface area (Å²) in [5, 5.41) is 7.64. The van der Waals surface area contributed by atoms with E-state index in [1.54, 1.807) is 0 Å². The second-order valence-corrected chi connectivity index (χ2v) is 5.15. The number of nitrogens with zero attached hydrogens (tertiary/aromatic N) is 1. The standard InChI is InChI=1S/C11H23N3S/c1-4-7-13-11(12-2)14-9-5-6-10(8-9)15-3/h9-10H,4-8H2,1-3H3,(H2,12,13,14). The van der Waals surface area contributed by atoms with Crippen molar-refractivity contribution in [2.24, 2.45) is 4.99 Å². The van der Waals surface area contributed by atoms with Crippen LogP contribution < -0.4 is 10.6 Å². The highest BCUT2D eigenvalue weighted by molar-refractivity contribution is 7.99. The van der Waals surface area contributed by atoms with Crippen LogP contribution >= 0.6 is 11.8 Å². The molecule has 0 aromatic carbocycles. The Kier molecular flexibility index (Phi) is 5.91. The predicted molar refractivity (Wildman–Crippen MR) is 69.7 cm³/mol. The zero-order valence-corrected chi connectivity index (χ0v) is 10.9. The van der Waals surface area contributed by atoms with Crippen LogP contribution in [0.2, 0.25) is 0 Å². The number of rotatable bonds is 4. The first kappa shape index (κ1) is 12.7. The van der Waals surface area contributed by atoms with Gasteiger partial charge < -0.3 is 10.6 Å². The minimum absolute atomic E-state index is 0.616. The molecule has 15 heavy (non-hydrogen) atoms. The minimum Gasteiger partial charge on any atom is -0.356 e. The Morgan fingerprint density at radius 3 is 2.80 bits per heavy atom. The lowest BCUT2D eigenvalue weighted by atomic mass is 10.2. The SMILES string of the molecule is CCCNC(=NC)NC1CCC(SC)C1. The second-order valence-electron chi connectivity index (χ2n) is 4.01. The van der Waals surface area contributed by atoms with E-state index in [0.29, 0.717) is 6.04 Å². The van der Waals surface area contributed by atoms with Crippen LogP contribution in [0.5, 0.6) is 0 Å². The molecule has 0 bridgehead atoms. The van der Waals surface area contributed by atoms with E-state index in [2.05, 4.69) is 28.8 Å². The Labute approximate surface area is 97.5 Å². The van der Waals surface area contributed by atoms with Crippen molar-refractivity contribution in [3.8, 4) is 0 Å². The fourth-order valence-corrected chi connectivity index (χ4v) is 2.71. The average molecular weight is 229 g/mol. The van der Waals surface area contributed by atoms with E-state index in [4.69, 9.17) is 0 Å². The maximum Gasteiger partial charge on any atom is 0.191 e. The minimum atomic E-state index is 0.616. The summed E-state index contributed by atoms with van der Waals surface area (Å²) < 4.78 is 0. The van der Waals surface area contributed by atoms with E-state index in [1.807, 2.05) is 18.8 Å². The number of nitrogens with one attached hydrogen (secondary N) is 2. The van der Waals surface area contributed by atoms with E-state index in [1.165, 1.54) is 19.3 Å². The van der Waals surface area contributed by atoms with Gasteiger partial charge >= 0.3 is 0 Å². The normalized spacial score (nSPS) is 26.7. The van der Waals surface area contributed by atoms with Gasteiger partial charge in [0.25, 0.3) is 0 Å². The maximum absolute atomic E-state index is 4.23. The van der Waals surface area contributed by atoms with E-state index in [0.717, 1.165) is 24.2 Å². The van der Waals surface area contributed by atoms with Crippen LogP contribution in [0.4, 0.5) is 0 Å². The van der Waals surface area contributed by atoms with Gasteiger partial charge in [-0.05, 0) is 31.9 Å². The van der Waals surface area contributed by atoms with E-state index in [-0.39, 0.29) is 0 Å². The lowest BCUT2D eigenvalue weighted by Crippen LogP contribution is -2.42. The molecule has 0 aliphatic heterocycles. The van der Waals surface area contributed by atoms with Gasteiger partial charge in [-0.3, -0.25) is 4.99 Å². The summed E-state index contributed by atoms with van der Waals surface area (Å²) in [6, 6.07) is 0.616. The van der Waals surface area contributed by atoms with Gasteiger partial charge in [0.05, 0.1) is 0 Å². The summed E-state index contributed by atoms with van der Waals surface area (Å²) in [6.45, 7) is 3.16. The highest BCUT2D eigenvalue weighted by atomic mass is 32.2. The van der Waals surface area contributed by atoms with Crippen LogP contribution in [0.3, 0.4) is 0 Å². The molecular formula is C11H23N3S. The van der Waals surface area contributed by atoms with Crippen molar-refractivity contribution in [2.45, 2.75) is 43.9 Å². The van der Waals surface area contributed by atoms with Crippen molar-refractivity contribution in [1.82, 2.24) is 10.6 Å². The van der Waals surface area contributed by atoms with Crippen molar-refractivity contribution in [3.63, 3.8) is 0 Å². The molecule has 2 N–H and O–H groups in total. The zero-order chi connectivity index (χ0) is 11.1. The summed E-state index contributed by atoms with van der Waals surface area (Å²) in [4.78, 5) is 4.23. The van der Waals surface area contributed by atoms with Crippen LogP contribution in [0.1, 0.15) is 32.6 Å². The second kappa shape index (κ2) is 6.99. The number of hydrogen-bond donors (Lipinski definition) is 2. The molecule has 0 radical (unpaired) electrons. The summed E-state index contributed by atoms with van der Waals surface area (Å²) >= 11 is 1.99. The summed E-state index contributed by atoms with van der Waals surface area (Å²) in [5.41, 5.74) is 0. The number of aliphatic imine (C=N–C) groups is 1. The molecule has 0 spiro atoms. The lowest BCUT2D eigenvalue weighted by Gasteiger charge is -2.16. The van der Waals surface area contributed by atoms with Gasteiger partial charge in [-0.2, -0.15) is 11.8 Å². The molecule has 1 saturated carbocycles. The van der Waals surface area contributed by atoms with Gasteiger partial charge in [0.2, 0.25) is 0 Å². The largest absolute Gasteiger partial charge is 0.356 e. The first-order valence-corrected chi connectivity index (χ1v) is 7.09. The van der Waals surface area contributed by atoms with E-state index >= 15 is 0 Å². The third kappa shape index (κ3) is 4.33. The molecule has 1 rings (SSSR count). The molecule has 1 fully saturated rings. The van der Waals surface area contributed by atoms with E-state index in [9.17, 15) is 0 Å². The van der Waals surface area contributed by atoms with Crippen LogP contribution in [0.25, 0.3) is 0 Å². The third-order valence-electron chi connectivity index (χ3n) is 2.82. The Hall–Kier alpha value is -0.380. The van der Waals surface area contributed by atoms with Crippen molar-refractivity contribution >= 4 is 17.7 Å². The predicted octanol–water partition coefficient (Wildman–Crippen LogP) is 1.85. The maximum atomic E-state index is 4.23. The zero-order valence-electron chi connectivity index (χ0n) is 10.0. The quantitative estimate of drug-likeness (QED) is 0.570. The van der Waals surface area contributed by atoms with Gasteiger partial charge in [0.15, 0.2) is 5.96 Å². The van der Waals surface area contributed by atoms with Gasteiger partial charge in [0, 0.05) is 24.9 Å². The Bertz CT molecular complexity index is 206. The smallest absolute Gasteiger partial charge is 0.191 e. The number of guanidine groups is 1. The first-order chi connectivity index (χ1) is 7.30. The molecule has 2 atom stereocenters. The highest BCUT2D eigenvalue weighted by Gasteiger charge is 2.24. The van der Waals surface area contributed by atoms with Crippen molar-refractivity contribution < 1.29 is 0 Å². The molecule has 88 valence electrons. The molecule has 2 unspecified atom stereocenters. The molecule has 0 heterocycles. The average Bonchev–Trinajstić information content (AvgIpc) is 2.71. The summed E-state index contributed by atoms with van der Waals surface area (Å²) in [5.74, 6) is 0.962.